The number of rotatable bonds is 1. The number of halogens is 1. The number of aryl methyl sites for hydroxylation is 1. The van der Waals surface area contributed by atoms with Gasteiger partial charge in [0.25, 0.3) is 0 Å². The molecule has 0 bridgehead atoms. The summed E-state index contributed by atoms with van der Waals surface area (Å²) < 4.78 is 13.0. The zero-order valence-corrected chi connectivity index (χ0v) is 8.52. The molecule has 0 radical (unpaired) electrons. The molecule has 0 aliphatic carbocycles. The van der Waals surface area contributed by atoms with Crippen molar-refractivity contribution in [3.05, 3.63) is 35.1 Å². The van der Waals surface area contributed by atoms with Crippen molar-refractivity contribution in [3.63, 3.8) is 0 Å². The zero-order valence-electron chi connectivity index (χ0n) is 8.52. The molecule has 1 fully saturated rings. The Balaban J connectivity index is 2.18. The summed E-state index contributed by atoms with van der Waals surface area (Å²) in [6, 6.07) is 5.85. The lowest BCUT2D eigenvalue weighted by Gasteiger charge is -2.24. The zero-order chi connectivity index (χ0) is 9.97. The van der Waals surface area contributed by atoms with Crippen LogP contribution in [0.15, 0.2) is 18.2 Å². The average molecular weight is 193 g/mol. The van der Waals surface area contributed by atoms with Gasteiger partial charge in [0.15, 0.2) is 0 Å². The fourth-order valence-electron chi connectivity index (χ4n) is 2.02. The molecule has 1 aliphatic rings. The highest BCUT2D eigenvalue weighted by molar-refractivity contribution is 5.26. The molecule has 14 heavy (non-hydrogen) atoms. The van der Waals surface area contributed by atoms with Gasteiger partial charge in [0.05, 0.1) is 0 Å². The highest BCUT2D eigenvalue weighted by Crippen LogP contribution is 2.24. The highest BCUT2D eigenvalue weighted by atomic mass is 19.1. The Kier molecular flexibility index (Phi) is 2.82. The summed E-state index contributed by atoms with van der Waals surface area (Å²) in [4.78, 5) is 0. The van der Waals surface area contributed by atoms with E-state index in [1.54, 1.807) is 6.07 Å². The van der Waals surface area contributed by atoms with Crippen LogP contribution in [0.1, 0.15) is 36.4 Å². The van der Waals surface area contributed by atoms with Crippen LogP contribution in [0, 0.1) is 12.7 Å². The van der Waals surface area contributed by atoms with Crippen LogP contribution in [0.5, 0.6) is 0 Å². The summed E-state index contributed by atoms with van der Waals surface area (Å²) >= 11 is 0. The Morgan fingerprint density at radius 3 is 2.86 bits per heavy atom. The third kappa shape index (κ3) is 1.95. The van der Waals surface area contributed by atoms with Crippen molar-refractivity contribution < 1.29 is 4.39 Å². The molecule has 1 saturated heterocycles. The van der Waals surface area contributed by atoms with Crippen LogP contribution in [0.4, 0.5) is 4.39 Å². The molecule has 76 valence electrons. The molecule has 0 spiro atoms. The van der Waals surface area contributed by atoms with E-state index in [-0.39, 0.29) is 5.82 Å². The van der Waals surface area contributed by atoms with Crippen molar-refractivity contribution >= 4 is 0 Å². The van der Waals surface area contributed by atoms with Crippen molar-refractivity contribution in [2.24, 2.45) is 0 Å². The minimum atomic E-state index is -0.107. The molecule has 2 heteroatoms. The molecular weight excluding hydrogens is 177 g/mol. The van der Waals surface area contributed by atoms with E-state index in [0.29, 0.717) is 6.04 Å². The first-order valence-electron chi connectivity index (χ1n) is 5.27. The van der Waals surface area contributed by atoms with Gasteiger partial charge in [0.2, 0.25) is 0 Å². The van der Waals surface area contributed by atoms with E-state index in [1.807, 2.05) is 19.1 Å². The lowest BCUT2D eigenvalue weighted by atomic mass is 9.96. The number of hydrogen-bond acceptors (Lipinski definition) is 1. The normalized spacial score (nSPS) is 22.3. The maximum absolute atomic E-state index is 13.0. The Hall–Kier alpha value is -0.890. The van der Waals surface area contributed by atoms with Crippen LogP contribution in [0.25, 0.3) is 0 Å². The molecule has 1 aromatic rings. The molecule has 1 aliphatic heterocycles. The van der Waals surface area contributed by atoms with Crippen LogP contribution in [-0.4, -0.2) is 6.54 Å². The maximum atomic E-state index is 13.0. The molecule has 0 saturated carbocycles. The largest absolute Gasteiger partial charge is 0.310 e. The van der Waals surface area contributed by atoms with Gasteiger partial charge in [-0.15, -0.1) is 0 Å². The third-order valence-electron chi connectivity index (χ3n) is 2.89. The predicted molar refractivity (Wildman–Crippen MR) is 55.7 cm³/mol. The second kappa shape index (κ2) is 4.09. The van der Waals surface area contributed by atoms with Crippen molar-refractivity contribution in [2.75, 3.05) is 6.54 Å². The Morgan fingerprint density at radius 1 is 1.36 bits per heavy atom. The summed E-state index contributed by atoms with van der Waals surface area (Å²) in [5.41, 5.74) is 1.97. The second-order valence-electron chi connectivity index (χ2n) is 4.01. The number of piperidine rings is 1. The molecule has 1 N–H and O–H groups in total. The maximum Gasteiger partial charge on any atom is 0.126 e. The summed E-state index contributed by atoms with van der Waals surface area (Å²) in [7, 11) is 0. The lowest BCUT2D eigenvalue weighted by Crippen LogP contribution is -2.26. The molecule has 1 unspecified atom stereocenters. The van der Waals surface area contributed by atoms with Crippen LogP contribution in [0.2, 0.25) is 0 Å². The van der Waals surface area contributed by atoms with Crippen LogP contribution in [0.3, 0.4) is 0 Å². The first kappa shape index (κ1) is 9.66. The van der Waals surface area contributed by atoms with Gasteiger partial charge in [-0.25, -0.2) is 4.39 Å². The average Bonchev–Trinajstić information content (AvgIpc) is 2.23. The SMILES string of the molecule is Cc1cc(C2CCCCN2)ccc1F. The number of benzene rings is 1. The van der Waals surface area contributed by atoms with Crippen LogP contribution >= 0.6 is 0 Å². The third-order valence-corrected chi connectivity index (χ3v) is 2.89. The van der Waals surface area contributed by atoms with Crippen molar-refractivity contribution in [1.82, 2.24) is 5.32 Å². The Bertz CT molecular complexity index is 316. The molecular formula is C12H16FN. The van der Waals surface area contributed by atoms with Crippen molar-refractivity contribution in [1.29, 1.82) is 0 Å². The topological polar surface area (TPSA) is 12.0 Å². The minimum Gasteiger partial charge on any atom is -0.310 e. The van der Waals surface area contributed by atoms with E-state index in [0.717, 1.165) is 12.1 Å². The number of hydrogen-bond donors (Lipinski definition) is 1. The second-order valence-corrected chi connectivity index (χ2v) is 4.01. The molecule has 2 rings (SSSR count). The molecule has 1 atom stereocenters. The summed E-state index contributed by atoms with van der Waals surface area (Å²) in [6.45, 7) is 2.91. The fourth-order valence-corrected chi connectivity index (χ4v) is 2.02. The molecule has 0 aromatic heterocycles. The van der Waals surface area contributed by atoms with Gasteiger partial charge in [-0.2, -0.15) is 0 Å². The van der Waals surface area contributed by atoms with Gasteiger partial charge in [-0.1, -0.05) is 18.6 Å². The van der Waals surface area contributed by atoms with Crippen molar-refractivity contribution in [3.8, 4) is 0 Å². The quantitative estimate of drug-likeness (QED) is 0.723. The number of nitrogens with one attached hydrogen (secondary N) is 1. The van der Waals surface area contributed by atoms with Crippen molar-refractivity contribution in [2.45, 2.75) is 32.2 Å². The van der Waals surface area contributed by atoms with Gasteiger partial charge in [0, 0.05) is 6.04 Å². The van der Waals surface area contributed by atoms with Crippen LogP contribution in [-0.2, 0) is 0 Å². The van der Waals surface area contributed by atoms with E-state index < -0.39 is 0 Å². The first-order valence-corrected chi connectivity index (χ1v) is 5.27. The molecule has 1 nitrogen and oxygen atoms in total. The molecule has 0 amide bonds. The highest BCUT2D eigenvalue weighted by Gasteiger charge is 2.14. The Labute approximate surface area is 84.3 Å². The summed E-state index contributed by atoms with van der Waals surface area (Å²) in [6.07, 6.45) is 3.70. The first-order chi connectivity index (χ1) is 6.77. The van der Waals surface area contributed by atoms with Gasteiger partial charge < -0.3 is 5.32 Å². The Morgan fingerprint density at radius 2 is 2.21 bits per heavy atom. The standard InChI is InChI=1S/C12H16FN/c1-9-8-10(5-6-11(9)13)12-4-2-3-7-14-12/h5-6,8,12,14H,2-4,7H2,1H3. The monoisotopic (exact) mass is 193 g/mol. The van der Waals surface area contributed by atoms with Gasteiger partial charge >= 0.3 is 0 Å². The van der Waals surface area contributed by atoms with E-state index in [9.17, 15) is 4.39 Å². The van der Waals surface area contributed by atoms with E-state index >= 15 is 0 Å². The molecule has 1 heterocycles. The van der Waals surface area contributed by atoms with E-state index in [2.05, 4.69) is 5.32 Å². The molecule has 1 aromatic carbocycles. The fraction of sp³-hybridized carbons (Fsp3) is 0.500. The van der Waals surface area contributed by atoms with E-state index in [1.165, 1.54) is 24.8 Å². The van der Waals surface area contributed by atoms with Crippen LogP contribution < -0.4 is 5.32 Å². The van der Waals surface area contributed by atoms with Gasteiger partial charge in [-0.05, 0) is 43.5 Å². The smallest absolute Gasteiger partial charge is 0.126 e. The van der Waals surface area contributed by atoms with E-state index in [4.69, 9.17) is 0 Å². The minimum absolute atomic E-state index is 0.107. The lowest BCUT2D eigenvalue weighted by molar-refractivity contribution is 0.411. The van der Waals surface area contributed by atoms with Gasteiger partial charge in [0.1, 0.15) is 5.82 Å². The summed E-state index contributed by atoms with van der Waals surface area (Å²) in [5, 5.41) is 3.46. The van der Waals surface area contributed by atoms with Gasteiger partial charge in [-0.3, -0.25) is 0 Å². The predicted octanol–water partition coefficient (Wildman–Crippen LogP) is 2.95. The summed E-state index contributed by atoms with van der Waals surface area (Å²) in [5.74, 6) is -0.107.